The molecule has 0 aliphatic carbocycles. The van der Waals surface area contributed by atoms with E-state index in [0.29, 0.717) is 6.61 Å². The van der Waals surface area contributed by atoms with E-state index < -0.39 is 0 Å². The van der Waals surface area contributed by atoms with Gasteiger partial charge in [-0.05, 0) is 43.0 Å². The Morgan fingerprint density at radius 3 is 2.67 bits per heavy atom. The maximum Gasteiger partial charge on any atom is 0.410 e. The molecule has 3 rings (SSSR count). The number of ether oxygens (including phenoxy) is 2. The summed E-state index contributed by atoms with van der Waals surface area (Å²) < 4.78 is 10.9. The molecule has 0 spiro atoms. The van der Waals surface area contributed by atoms with E-state index in [-0.39, 0.29) is 18.2 Å². The molecule has 0 N–H and O–H groups in total. The zero-order valence-corrected chi connectivity index (χ0v) is 14.1. The Bertz CT molecular complexity index is 686. The average Bonchev–Trinajstić information content (AvgIpc) is 3.02. The highest BCUT2D eigenvalue weighted by Gasteiger charge is 2.36. The second-order valence-corrected chi connectivity index (χ2v) is 6.17. The summed E-state index contributed by atoms with van der Waals surface area (Å²) in [5.41, 5.74) is 2.23. The highest BCUT2D eigenvalue weighted by atomic mass is 16.5. The third kappa shape index (κ3) is 3.53. The third-order valence-electron chi connectivity index (χ3n) is 4.55. The Morgan fingerprint density at radius 2 is 1.92 bits per heavy atom. The monoisotopic (exact) mass is 325 g/mol. The topological polar surface area (TPSA) is 38.8 Å². The SMILES string of the molecule is COC(=O)N1C(C)CC[C@@H]1c1cccc(OCc2ccccc2)c1. The molecule has 2 aromatic carbocycles. The van der Waals surface area contributed by atoms with Crippen molar-refractivity contribution in [3.63, 3.8) is 0 Å². The smallest absolute Gasteiger partial charge is 0.410 e. The number of likely N-dealkylation sites (tertiary alicyclic amines) is 1. The highest BCUT2D eigenvalue weighted by molar-refractivity contribution is 5.69. The van der Waals surface area contributed by atoms with Crippen molar-refractivity contribution in [2.24, 2.45) is 0 Å². The lowest BCUT2D eigenvalue weighted by Crippen LogP contribution is -2.35. The predicted octanol–water partition coefficient (Wildman–Crippen LogP) is 4.56. The summed E-state index contributed by atoms with van der Waals surface area (Å²) in [5, 5.41) is 0. The molecule has 0 radical (unpaired) electrons. The van der Waals surface area contributed by atoms with Crippen LogP contribution in [-0.2, 0) is 11.3 Å². The van der Waals surface area contributed by atoms with Crippen molar-refractivity contribution >= 4 is 6.09 Å². The molecule has 1 aliphatic rings. The van der Waals surface area contributed by atoms with Gasteiger partial charge in [0.2, 0.25) is 0 Å². The highest BCUT2D eigenvalue weighted by Crippen LogP contribution is 2.37. The van der Waals surface area contributed by atoms with E-state index in [1.54, 1.807) is 0 Å². The molecular weight excluding hydrogens is 302 g/mol. The number of amides is 1. The van der Waals surface area contributed by atoms with E-state index >= 15 is 0 Å². The van der Waals surface area contributed by atoms with E-state index in [1.807, 2.05) is 59.5 Å². The maximum absolute atomic E-state index is 12.1. The number of nitrogens with zero attached hydrogens (tertiary/aromatic N) is 1. The Kier molecular flexibility index (Phi) is 5.04. The second kappa shape index (κ2) is 7.39. The summed E-state index contributed by atoms with van der Waals surface area (Å²) in [7, 11) is 1.43. The molecule has 1 heterocycles. The van der Waals surface area contributed by atoms with Gasteiger partial charge in [-0.15, -0.1) is 0 Å². The number of hydrogen-bond acceptors (Lipinski definition) is 3. The second-order valence-electron chi connectivity index (χ2n) is 6.17. The molecule has 4 heteroatoms. The molecule has 1 aliphatic heterocycles. The summed E-state index contributed by atoms with van der Waals surface area (Å²) >= 11 is 0. The normalized spacial score (nSPS) is 20.0. The zero-order valence-electron chi connectivity index (χ0n) is 14.1. The first-order chi connectivity index (χ1) is 11.7. The van der Waals surface area contributed by atoms with Crippen molar-refractivity contribution in [2.45, 2.75) is 38.5 Å². The standard InChI is InChI=1S/C20H23NO3/c1-15-11-12-19(21(15)20(22)23-2)17-9-6-10-18(13-17)24-14-16-7-4-3-5-8-16/h3-10,13,15,19H,11-12,14H2,1-2H3/t15?,19-/m1/s1. The van der Waals surface area contributed by atoms with Gasteiger partial charge < -0.3 is 9.47 Å². The summed E-state index contributed by atoms with van der Waals surface area (Å²) in [6.07, 6.45) is 1.66. The van der Waals surface area contributed by atoms with Crippen LogP contribution in [0, 0.1) is 0 Å². The lowest BCUT2D eigenvalue weighted by molar-refractivity contribution is 0.105. The first-order valence-electron chi connectivity index (χ1n) is 8.32. The van der Waals surface area contributed by atoms with Crippen LogP contribution in [0.5, 0.6) is 5.75 Å². The zero-order chi connectivity index (χ0) is 16.9. The summed E-state index contributed by atoms with van der Waals surface area (Å²) in [5.74, 6) is 0.820. The van der Waals surface area contributed by atoms with Gasteiger partial charge in [0.05, 0.1) is 13.2 Å². The van der Waals surface area contributed by atoms with Gasteiger partial charge >= 0.3 is 6.09 Å². The van der Waals surface area contributed by atoms with Gasteiger partial charge in [0.25, 0.3) is 0 Å². The maximum atomic E-state index is 12.1. The van der Waals surface area contributed by atoms with Crippen LogP contribution in [0.15, 0.2) is 54.6 Å². The molecule has 24 heavy (non-hydrogen) atoms. The minimum absolute atomic E-state index is 0.0488. The molecule has 1 amide bonds. The van der Waals surface area contributed by atoms with Crippen LogP contribution >= 0.6 is 0 Å². The van der Waals surface area contributed by atoms with E-state index in [9.17, 15) is 4.79 Å². The van der Waals surface area contributed by atoms with Gasteiger partial charge in [0.1, 0.15) is 12.4 Å². The summed E-state index contributed by atoms with van der Waals surface area (Å²) in [4.78, 5) is 13.9. The predicted molar refractivity (Wildman–Crippen MR) is 92.9 cm³/mol. The largest absolute Gasteiger partial charge is 0.489 e. The lowest BCUT2D eigenvalue weighted by Gasteiger charge is -2.27. The van der Waals surface area contributed by atoms with Crippen LogP contribution in [0.25, 0.3) is 0 Å². The number of carbonyl (C=O) groups is 1. The molecule has 0 aromatic heterocycles. The molecule has 0 saturated carbocycles. The number of hydrogen-bond donors (Lipinski definition) is 0. The fraction of sp³-hybridized carbons (Fsp3) is 0.350. The quantitative estimate of drug-likeness (QED) is 0.827. The third-order valence-corrected chi connectivity index (χ3v) is 4.55. The van der Waals surface area contributed by atoms with Crippen LogP contribution in [0.1, 0.15) is 36.9 Å². The molecule has 2 atom stereocenters. The molecule has 4 nitrogen and oxygen atoms in total. The number of carbonyl (C=O) groups excluding carboxylic acids is 1. The minimum Gasteiger partial charge on any atom is -0.489 e. The Labute approximate surface area is 143 Å². The van der Waals surface area contributed by atoms with Gasteiger partial charge in [0, 0.05) is 6.04 Å². The van der Waals surface area contributed by atoms with Crippen molar-refractivity contribution in [1.82, 2.24) is 4.90 Å². The molecule has 2 aromatic rings. The van der Waals surface area contributed by atoms with Gasteiger partial charge in [0.15, 0.2) is 0 Å². The van der Waals surface area contributed by atoms with Crippen LogP contribution in [0.3, 0.4) is 0 Å². The Morgan fingerprint density at radius 1 is 1.12 bits per heavy atom. The van der Waals surface area contributed by atoms with Crippen LogP contribution < -0.4 is 4.74 Å². The van der Waals surface area contributed by atoms with Crippen molar-refractivity contribution in [3.8, 4) is 5.75 Å². The van der Waals surface area contributed by atoms with E-state index in [2.05, 4.69) is 6.92 Å². The van der Waals surface area contributed by atoms with E-state index in [4.69, 9.17) is 9.47 Å². The van der Waals surface area contributed by atoms with Crippen molar-refractivity contribution in [2.75, 3.05) is 7.11 Å². The fourth-order valence-corrected chi connectivity index (χ4v) is 3.28. The molecule has 1 saturated heterocycles. The number of rotatable bonds is 4. The molecule has 1 unspecified atom stereocenters. The number of benzene rings is 2. The Hall–Kier alpha value is -2.49. The minimum atomic E-state index is -0.263. The van der Waals surface area contributed by atoms with E-state index in [1.165, 1.54) is 7.11 Å². The van der Waals surface area contributed by atoms with Crippen molar-refractivity contribution in [1.29, 1.82) is 0 Å². The first-order valence-corrected chi connectivity index (χ1v) is 8.32. The van der Waals surface area contributed by atoms with Crippen LogP contribution in [0.4, 0.5) is 4.79 Å². The van der Waals surface area contributed by atoms with Crippen LogP contribution in [-0.4, -0.2) is 24.1 Å². The van der Waals surface area contributed by atoms with Gasteiger partial charge in [-0.3, -0.25) is 4.90 Å². The summed E-state index contributed by atoms with van der Waals surface area (Å²) in [6, 6.07) is 18.3. The van der Waals surface area contributed by atoms with Gasteiger partial charge in [-0.25, -0.2) is 4.79 Å². The lowest BCUT2D eigenvalue weighted by atomic mass is 10.0. The Balaban J connectivity index is 1.74. The fourth-order valence-electron chi connectivity index (χ4n) is 3.28. The van der Waals surface area contributed by atoms with Crippen LogP contribution in [0.2, 0.25) is 0 Å². The van der Waals surface area contributed by atoms with Crippen molar-refractivity contribution < 1.29 is 14.3 Å². The first kappa shape index (κ1) is 16.4. The summed E-state index contributed by atoms with van der Waals surface area (Å²) in [6.45, 7) is 2.60. The molecular formula is C20H23NO3. The molecule has 1 fully saturated rings. The van der Waals surface area contributed by atoms with Gasteiger partial charge in [-0.1, -0.05) is 42.5 Å². The average molecular weight is 325 g/mol. The van der Waals surface area contributed by atoms with Crippen molar-refractivity contribution in [3.05, 3.63) is 65.7 Å². The number of methoxy groups -OCH3 is 1. The van der Waals surface area contributed by atoms with Gasteiger partial charge in [-0.2, -0.15) is 0 Å². The molecule has 0 bridgehead atoms. The molecule has 126 valence electrons. The van der Waals surface area contributed by atoms with E-state index in [0.717, 1.165) is 29.7 Å².